The normalized spacial score (nSPS) is 10.5. The van der Waals surface area contributed by atoms with Gasteiger partial charge in [0.05, 0.1) is 16.9 Å². The highest BCUT2D eigenvalue weighted by molar-refractivity contribution is 9.11. The fourth-order valence-electron chi connectivity index (χ4n) is 1.62. The molecule has 2 rings (SSSR count). The molecule has 6 heteroatoms. The summed E-state index contributed by atoms with van der Waals surface area (Å²) in [7, 11) is 1.81. The zero-order valence-corrected chi connectivity index (χ0v) is 14.0. The van der Waals surface area contributed by atoms with Crippen LogP contribution in [0.5, 0.6) is 0 Å². The maximum absolute atomic E-state index is 12.0. The summed E-state index contributed by atoms with van der Waals surface area (Å²) in [5.41, 5.74) is 1.23. The Morgan fingerprint density at radius 1 is 1.42 bits per heavy atom. The van der Waals surface area contributed by atoms with Gasteiger partial charge in [0.15, 0.2) is 0 Å². The summed E-state index contributed by atoms with van der Waals surface area (Å²) >= 11 is 6.75. The molecular formula is C13H15BrN2OS2. The van der Waals surface area contributed by atoms with Crippen molar-refractivity contribution < 1.29 is 4.79 Å². The number of halogens is 1. The van der Waals surface area contributed by atoms with Crippen LogP contribution in [0.4, 0.5) is 4.79 Å². The number of urea groups is 1. The Labute approximate surface area is 129 Å². The molecule has 0 unspecified atom stereocenters. The monoisotopic (exact) mass is 358 g/mol. The SMILES string of the molecule is Cc1ccsc1CNC(=O)N(C)Cc1ccc(Br)s1. The second kappa shape index (κ2) is 6.54. The predicted octanol–water partition coefficient (Wildman–Crippen LogP) is 4.22. The summed E-state index contributed by atoms with van der Waals surface area (Å²) in [5.74, 6) is 0. The van der Waals surface area contributed by atoms with E-state index in [-0.39, 0.29) is 6.03 Å². The Hall–Kier alpha value is -0.850. The number of carbonyl (C=O) groups is 1. The van der Waals surface area contributed by atoms with Crippen LogP contribution in [-0.2, 0) is 13.1 Å². The van der Waals surface area contributed by atoms with Gasteiger partial charge in [-0.1, -0.05) is 0 Å². The summed E-state index contributed by atoms with van der Waals surface area (Å²) in [6.45, 7) is 3.29. The van der Waals surface area contributed by atoms with Gasteiger partial charge in [0.2, 0.25) is 0 Å². The Bertz CT molecular complexity index is 564. The maximum atomic E-state index is 12.0. The molecule has 2 heterocycles. The van der Waals surface area contributed by atoms with Crippen LogP contribution in [0.3, 0.4) is 0 Å². The zero-order valence-electron chi connectivity index (χ0n) is 10.8. The van der Waals surface area contributed by atoms with Crippen molar-refractivity contribution >= 4 is 44.6 Å². The molecule has 0 fully saturated rings. The Morgan fingerprint density at radius 2 is 2.21 bits per heavy atom. The molecule has 0 radical (unpaired) electrons. The summed E-state index contributed by atoms with van der Waals surface area (Å²) in [5, 5.41) is 4.99. The molecule has 0 aliphatic rings. The van der Waals surface area contributed by atoms with E-state index in [1.54, 1.807) is 27.6 Å². The summed E-state index contributed by atoms with van der Waals surface area (Å²) in [6, 6.07) is 6.05. The number of amides is 2. The highest BCUT2D eigenvalue weighted by atomic mass is 79.9. The average Bonchev–Trinajstić information content (AvgIpc) is 2.95. The third kappa shape index (κ3) is 4.06. The van der Waals surface area contributed by atoms with Gasteiger partial charge in [-0.25, -0.2) is 4.79 Å². The standard InChI is InChI=1S/C13H15BrN2OS2/c1-9-5-6-18-11(9)7-15-13(17)16(2)8-10-3-4-12(14)19-10/h3-6H,7-8H2,1-2H3,(H,15,17). The first-order chi connectivity index (χ1) is 9.06. The maximum Gasteiger partial charge on any atom is 0.317 e. The zero-order chi connectivity index (χ0) is 13.8. The van der Waals surface area contributed by atoms with E-state index in [1.165, 1.54) is 10.4 Å². The van der Waals surface area contributed by atoms with E-state index in [4.69, 9.17) is 0 Å². The molecule has 0 spiro atoms. The number of hydrogen-bond donors (Lipinski definition) is 1. The molecule has 0 saturated heterocycles. The lowest BCUT2D eigenvalue weighted by atomic mass is 10.3. The van der Waals surface area contributed by atoms with Gasteiger partial charge in [-0.2, -0.15) is 0 Å². The first-order valence-electron chi connectivity index (χ1n) is 5.82. The van der Waals surface area contributed by atoms with Gasteiger partial charge in [0.1, 0.15) is 0 Å². The molecule has 3 nitrogen and oxygen atoms in total. The topological polar surface area (TPSA) is 32.3 Å². The van der Waals surface area contributed by atoms with Crippen molar-refractivity contribution in [3.05, 3.63) is 42.7 Å². The van der Waals surface area contributed by atoms with Gasteiger partial charge in [0.25, 0.3) is 0 Å². The van der Waals surface area contributed by atoms with E-state index >= 15 is 0 Å². The van der Waals surface area contributed by atoms with E-state index in [1.807, 2.05) is 24.6 Å². The molecule has 0 aliphatic carbocycles. The van der Waals surface area contributed by atoms with E-state index in [0.29, 0.717) is 13.1 Å². The Morgan fingerprint density at radius 3 is 2.79 bits per heavy atom. The third-order valence-electron chi connectivity index (χ3n) is 2.74. The third-order valence-corrected chi connectivity index (χ3v) is 5.37. The largest absolute Gasteiger partial charge is 0.333 e. The van der Waals surface area contributed by atoms with Crippen molar-refractivity contribution in [1.82, 2.24) is 10.2 Å². The number of nitrogens with zero attached hydrogens (tertiary/aromatic N) is 1. The van der Waals surface area contributed by atoms with Crippen molar-refractivity contribution in [3.8, 4) is 0 Å². The van der Waals surface area contributed by atoms with E-state index in [9.17, 15) is 4.79 Å². The lowest BCUT2D eigenvalue weighted by Gasteiger charge is -2.17. The highest BCUT2D eigenvalue weighted by Gasteiger charge is 2.10. The highest BCUT2D eigenvalue weighted by Crippen LogP contribution is 2.23. The number of carbonyl (C=O) groups excluding carboxylic acids is 1. The Balaban J connectivity index is 1.84. The van der Waals surface area contributed by atoms with Crippen molar-refractivity contribution in [2.45, 2.75) is 20.0 Å². The van der Waals surface area contributed by atoms with Crippen molar-refractivity contribution in [1.29, 1.82) is 0 Å². The number of rotatable bonds is 4. The second-order valence-corrected chi connectivity index (χ2v) is 7.80. The molecule has 2 aromatic rings. The van der Waals surface area contributed by atoms with Crippen LogP contribution in [0.1, 0.15) is 15.3 Å². The fraction of sp³-hybridized carbons (Fsp3) is 0.308. The van der Waals surface area contributed by atoms with Crippen LogP contribution < -0.4 is 5.32 Å². The van der Waals surface area contributed by atoms with Crippen molar-refractivity contribution in [2.24, 2.45) is 0 Å². The van der Waals surface area contributed by atoms with Crippen molar-refractivity contribution in [3.63, 3.8) is 0 Å². The van der Waals surface area contributed by atoms with Gasteiger partial charge >= 0.3 is 6.03 Å². The predicted molar refractivity (Wildman–Crippen MR) is 84.8 cm³/mol. The van der Waals surface area contributed by atoms with Crippen molar-refractivity contribution in [2.75, 3.05) is 7.05 Å². The molecule has 0 aliphatic heterocycles. The number of hydrogen-bond acceptors (Lipinski definition) is 3. The molecule has 2 aromatic heterocycles. The molecule has 19 heavy (non-hydrogen) atoms. The molecule has 0 bridgehead atoms. The molecule has 102 valence electrons. The summed E-state index contributed by atoms with van der Waals surface area (Å²) in [4.78, 5) is 16.0. The quantitative estimate of drug-likeness (QED) is 0.871. The van der Waals surface area contributed by atoms with Crippen LogP contribution in [0, 0.1) is 6.92 Å². The minimum Gasteiger partial charge on any atom is -0.333 e. The first kappa shape index (κ1) is 14.6. The number of thiophene rings is 2. The van der Waals surface area contributed by atoms with Crippen LogP contribution >= 0.6 is 38.6 Å². The lowest BCUT2D eigenvalue weighted by Crippen LogP contribution is -2.36. The number of nitrogens with one attached hydrogen (secondary N) is 1. The van der Waals surface area contributed by atoms with Gasteiger partial charge in [-0.05, 0) is 52.0 Å². The molecule has 0 atom stereocenters. The smallest absolute Gasteiger partial charge is 0.317 e. The summed E-state index contributed by atoms with van der Waals surface area (Å²) in [6.07, 6.45) is 0. The van der Waals surface area contributed by atoms with Crippen LogP contribution in [0.2, 0.25) is 0 Å². The molecular weight excluding hydrogens is 344 g/mol. The van der Waals surface area contributed by atoms with Crippen LogP contribution in [-0.4, -0.2) is 18.0 Å². The number of aryl methyl sites for hydroxylation is 1. The van der Waals surface area contributed by atoms with E-state index in [2.05, 4.69) is 34.2 Å². The van der Waals surface area contributed by atoms with Crippen LogP contribution in [0.15, 0.2) is 27.4 Å². The fourth-order valence-corrected chi connectivity index (χ4v) is 4.00. The lowest BCUT2D eigenvalue weighted by molar-refractivity contribution is 0.207. The average molecular weight is 359 g/mol. The molecule has 0 saturated carbocycles. The van der Waals surface area contributed by atoms with Gasteiger partial charge in [-0.15, -0.1) is 22.7 Å². The molecule has 0 aromatic carbocycles. The summed E-state index contributed by atoms with van der Waals surface area (Å²) < 4.78 is 1.09. The van der Waals surface area contributed by atoms with Crippen LogP contribution in [0.25, 0.3) is 0 Å². The second-order valence-electron chi connectivity index (χ2n) is 4.25. The van der Waals surface area contributed by atoms with E-state index in [0.717, 1.165) is 8.66 Å². The van der Waals surface area contributed by atoms with Gasteiger partial charge in [0, 0.05) is 16.8 Å². The van der Waals surface area contributed by atoms with Gasteiger partial charge in [-0.3, -0.25) is 0 Å². The minimum atomic E-state index is -0.0441. The first-order valence-corrected chi connectivity index (χ1v) is 8.31. The minimum absolute atomic E-state index is 0.0441. The molecule has 1 N–H and O–H groups in total. The van der Waals surface area contributed by atoms with Gasteiger partial charge < -0.3 is 10.2 Å². The van der Waals surface area contributed by atoms with E-state index < -0.39 is 0 Å². The Kier molecular flexibility index (Phi) is 5.01. The molecule has 2 amide bonds.